The van der Waals surface area contributed by atoms with Crippen molar-refractivity contribution in [3.05, 3.63) is 94.9 Å². The molecule has 3 N–H and O–H groups in total. The van der Waals surface area contributed by atoms with E-state index in [0.29, 0.717) is 22.6 Å². The average molecular weight is 449 g/mol. The smallest absolute Gasteiger partial charge is 0.263 e. The van der Waals surface area contributed by atoms with Crippen LogP contribution in [0, 0.1) is 11.3 Å². The number of nitrogens with zero attached hydrogens (tertiary/aromatic N) is 5. The SMILES string of the molecule is CC(Nc1nc(N)ncc1C#N)c1cc2cccc(-c3cnoc3)c2c(=O)n1-c1ccccc1. The van der Waals surface area contributed by atoms with E-state index in [9.17, 15) is 10.1 Å². The summed E-state index contributed by atoms with van der Waals surface area (Å²) in [6.45, 7) is 1.89. The largest absolute Gasteiger partial charge is 0.368 e. The first-order valence-corrected chi connectivity index (χ1v) is 10.5. The van der Waals surface area contributed by atoms with Crippen LogP contribution in [0.1, 0.15) is 24.2 Å². The summed E-state index contributed by atoms with van der Waals surface area (Å²) in [5.74, 6) is 0.346. The van der Waals surface area contributed by atoms with Gasteiger partial charge in [0.05, 0.1) is 23.8 Å². The van der Waals surface area contributed by atoms with Gasteiger partial charge in [0, 0.05) is 16.9 Å². The first-order chi connectivity index (χ1) is 16.6. The number of anilines is 2. The van der Waals surface area contributed by atoms with Crippen molar-refractivity contribution < 1.29 is 4.52 Å². The molecule has 0 amide bonds. The van der Waals surface area contributed by atoms with Crippen molar-refractivity contribution in [1.29, 1.82) is 5.26 Å². The molecule has 3 heterocycles. The van der Waals surface area contributed by atoms with Gasteiger partial charge in [0.25, 0.3) is 5.56 Å². The normalized spacial score (nSPS) is 11.8. The summed E-state index contributed by atoms with van der Waals surface area (Å²) in [5, 5.41) is 17.8. The van der Waals surface area contributed by atoms with Crippen molar-refractivity contribution in [2.45, 2.75) is 13.0 Å². The molecule has 0 saturated carbocycles. The summed E-state index contributed by atoms with van der Waals surface area (Å²) in [4.78, 5) is 22.0. The maximum atomic E-state index is 14.0. The third-order valence-corrected chi connectivity index (χ3v) is 5.56. The zero-order chi connectivity index (χ0) is 23.7. The molecule has 0 fully saturated rings. The molecule has 9 heteroatoms. The fourth-order valence-electron chi connectivity index (χ4n) is 3.99. The Morgan fingerprint density at radius 3 is 2.71 bits per heavy atom. The Balaban J connectivity index is 1.74. The molecule has 1 atom stereocenters. The van der Waals surface area contributed by atoms with Crippen LogP contribution in [-0.2, 0) is 0 Å². The van der Waals surface area contributed by atoms with E-state index in [1.807, 2.05) is 61.5 Å². The number of nitrogen functional groups attached to an aromatic ring is 1. The summed E-state index contributed by atoms with van der Waals surface area (Å²) in [7, 11) is 0. The van der Waals surface area contributed by atoms with E-state index in [-0.39, 0.29) is 17.1 Å². The van der Waals surface area contributed by atoms with Gasteiger partial charge in [0.2, 0.25) is 5.95 Å². The van der Waals surface area contributed by atoms with Crippen molar-refractivity contribution >= 4 is 22.5 Å². The van der Waals surface area contributed by atoms with E-state index in [0.717, 1.165) is 16.5 Å². The maximum Gasteiger partial charge on any atom is 0.263 e. The van der Waals surface area contributed by atoms with E-state index in [1.165, 1.54) is 12.5 Å². The first kappa shape index (κ1) is 20.9. The second kappa shape index (κ2) is 8.52. The number of pyridine rings is 1. The number of hydrogen-bond acceptors (Lipinski definition) is 8. The molecule has 34 heavy (non-hydrogen) atoms. The minimum atomic E-state index is -0.405. The number of nitrogens with one attached hydrogen (secondary N) is 1. The average Bonchev–Trinajstić information content (AvgIpc) is 3.39. The molecular weight excluding hydrogens is 430 g/mol. The van der Waals surface area contributed by atoms with Gasteiger partial charge < -0.3 is 15.6 Å². The molecule has 5 aromatic rings. The van der Waals surface area contributed by atoms with Crippen LogP contribution >= 0.6 is 0 Å². The molecule has 0 saturated heterocycles. The lowest BCUT2D eigenvalue weighted by molar-refractivity contribution is 0.420. The molecule has 3 aromatic heterocycles. The highest BCUT2D eigenvalue weighted by molar-refractivity contribution is 5.96. The minimum absolute atomic E-state index is 0.0472. The van der Waals surface area contributed by atoms with Crippen LogP contribution in [0.4, 0.5) is 11.8 Å². The predicted molar refractivity (Wildman–Crippen MR) is 128 cm³/mol. The van der Waals surface area contributed by atoms with E-state index in [2.05, 4.69) is 26.5 Å². The summed E-state index contributed by atoms with van der Waals surface area (Å²) >= 11 is 0. The number of para-hydroxylation sites is 1. The minimum Gasteiger partial charge on any atom is -0.368 e. The monoisotopic (exact) mass is 449 g/mol. The van der Waals surface area contributed by atoms with Gasteiger partial charge in [-0.1, -0.05) is 41.6 Å². The quantitative estimate of drug-likeness (QED) is 0.410. The number of benzene rings is 2. The third kappa shape index (κ3) is 3.63. The Bertz CT molecular complexity index is 1590. The van der Waals surface area contributed by atoms with Crippen LogP contribution < -0.4 is 16.6 Å². The van der Waals surface area contributed by atoms with Crippen LogP contribution in [-0.4, -0.2) is 19.7 Å². The van der Waals surface area contributed by atoms with Crippen molar-refractivity contribution in [2.75, 3.05) is 11.1 Å². The van der Waals surface area contributed by atoms with Gasteiger partial charge in [-0.2, -0.15) is 10.2 Å². The molecule has 0 spiro atoms. The second-order valence-electron chi connectivity index (χ2n) is 7.70. The number of aromatic nitrogens is 4. The number of hydrogen-bond donors (Lipinski definition) is 2. The van der Waals surface area contributed by atoms with E-state index in [1.54, 1.807) is 10.8 Å². The molecule has 0 aliphatic heterocycles. The lowest BCUT2D eigenvalue weighted by Crippen LogP contribution is -2.26. The van der Waals surface area contributed by atoms with E-state index in [4.69, 9.17) is 10.3 Å². The molecule has 0 radical (unpaired) electrons. The van der Waals surface area contributed by atoms with E-state index < -0.39 is 6.04 Å². The molecule has 1 unspecified atom stereocenters. The molecular formula is C25H19N7O2. The van der Waals surface area contributed by atoms with Gasteiger partial charge in [-0.25, -0.2) is 4.98 Å². The summed E-state index contributed by atoms with van der Waals surface area (Å²) in [6, 6.07) is 18.6. The van der Waals surface area contributed by atoms with Crippen LogP contribution in [0.15, 0.2) is 82.6 Å². The van der Waals surface area contributed by atoms with Gasteiger partial charge in [0.1, 0.15) is 23.7 Å². The lowest BCUT2D eigenvalue weighted by Gasteiger charge is -2.22. The fraction of sp³-hybridized carbons (Fsp3) is 0.0800. The molecule has 166 valence electrons. The van der Waals surface area contributed by atoms with Gasteiger partial charge in [-0.15, -0.1) is 0 Å². The molecule has 9 nitrogen and oxygen atoms in total. The highest BCUT2D eigenvalue weighted by Crippen LogP contribution is 2.30. The summed E-state index contributed by atoms with van der Waals surface area (Å²) < 4.78 is 6.68. The fourth-order valence-corrected chi connectivity index (χ4v) is 3.99. The molecule has 2 aromatic carbocycles. The topological polar surface area (TPSA) is 136 Å². The Hall–Kier alpha value is -4.97. The van der Waals surface area contributed by atoms with Crippen molar-refractivity contribution in [3.63, 3.8) is 0 Å². The Labute approximate surface area is 194 Å². The summed E-state index contributed by atoms with van der Waals surface area (Å²) in [6.07, 6.45) is 4.47. The predicted octanol–water partition coefficient (Wildman–Crippen LogP) is 4.06. The Morgan fingerprint density at radius 1 is 1.15 bits per heavy atom. The number of fused-ring (bicyclic) bond motifs is 1. The molecule has 5 rings (SSSR count). The van der Waals surface area contributed by atoms with Crippen LogP contribution in [0.5, 0.6) is 0 Å². The van der Waals surface area contributed by atoms with Crippen LogP contribution in [0.3, 0.4) is 0 Å². The van der Waals surface area contributed by atoms with Crippen molar-refractivity contribution in [3.8, 4) is 22.9 Å². The van der Waals surface area contributed by atoms with Crippen LogP contribution in [0.25, 0.3) is 27.6 Å². The standard InChI is InChI=1S/C25H19N7O2/c1-15(30-23-17(11-26)12-28-25(27)31-23)21-10-16-6-5-9-20(18-13-29-34-14-18)22(16)24(33)32(21)19-7-3-2-4-8-19/h2-10,12-15H,1H3,(H3,27,28,30,31). The zero-order valence-electron chi connectivity index (χ0n) is 18.1. The second-order valence-corrected chi connectivity index (χ2v) is 7.70. The van der Waals surface area contributed by atoms with Crippen LogP contribution in [0.2, 0.25) is 0 Å². The Kier molecular flexibility index (Phi) is 5.24. The molecule has 0 bridgehead atoms. The highest BCUT2D eigenvalue weighted by Gasteiger charge is 2.20. The zero-order valence-corrected chi connectivity index (χ0v) is 18.1. The van der Waals surface area contributed by atoms with Crippen molar-refractivity contribution in [2.24, 2.45) is 0 Å². The van der Waals surface area contributed by atoms with Gasteiger partial charge >= 0.3 is 0 Å². The first-order valence-electron chi connectivity index (χ1n) is 10.5. The van der Waals surface area contributed by atoms with Gasteiger partial charge in [-0.3, -0.25) is 9.36 Å². The summed E-state index contributed by atoms with van der Waals surface area (Å²) in [5.41, 5.74) is 8.65. The molecule has 0 aliphatic carbocycles. The number of rotatable bonds is 5. The highest BCUT2D eigenvalue weighted by atomic mass is 16.5. The van der Waals surface area contributed by atoms with Gasteiger partial charge in [0.15, 0.2) is 0 Å². The maximum absolute atomic E-state index is 14.0. The number of nitrogens with two attached hydrogens (primary N) is 1. The van der Waals surface area contributed by atoms with E-state index >= 15 is 0 Å². The van der Waals surface area contributed by atoms with Gasteiger partial charge in [-0.05, 0) is 36.1 Å². The lowest BCUT2D eigenvalue weighted by atomic mass is 10.00. The Morgan fingerprint density at radius 2 is 1.97 bits per heavy atom. The molecule has 0 aliphatic rings. The van der Waals surface area contributed by atoms with Crippen molar-refractivity contribution in [1.82, 2.24) is 19.7 Å². The third-order valence-electron chi connectivity index (χ3n) is 5.56. The number of nitriles is 1.